The van der Waals surface area contributed by atoms with Gasteiger partial charge in [0, 0.05) is 45.8 Å². The molecule has 166 valence electrons. The quantitative estimate of drug-likeness (QED) is 0.654. The molecule has 4 nitrogen and oxygen atoms in total. The van der Waals surface area contributed by atoms with Crippen LogP contribution in [-0.4, -0.2) is 79.2 Å². The first-order chi connectivity index (χ1) is 15.2. The zero-order valence-electron chi connectivity index (χ0n) is 18.7. The molecule has 2 aliphatic rings. The van der Waals surface area contributed by atoms with Gasteiger partial charge in [0.2, 0.25) is 5.91 Å². The lowest BCUT2D eigenvalue weighted by molar-refractivity contribution is -0.129. The van der Waals surface area contributed by atoms with Crippen LogP contribution in [0.2, 0.25) is 0 Å². The van der Waals surface area contributed by atoms with Gasteiger partial charge in [-0.1, -0.05) is 60.7 Å². The van der Waals surface area contributed by atoms with E-state index in [4.69, 9.17) is 0 Å². The van der Waals surface area contributed by atoms with Crippen molar-refractivity contribution < 1.29 is 4.79 Å². The zero-order valence-corrected chi connectivity index (χ0v) is 19.5. The molecule has 0 saturated carbocycles. The summed E-state index contributed by atoms with van der Waals surface area (Å²) in [6, 6.07) is 21.1. The van der Waals surface area contributed by atoms with Crippen LogP contribution in [0.25, 0.3) is 0 Å². The fourth-order valence-electron chi connectivity index (χ4n) is 4.65. The monoisotopic (exact) mass is 437 g/mol. The van der Waals surface area contributed by atoms with Crippen molar-refractivity contribution in [3.63, 3.8) is 0 Å². The van der Waals surface area contributed by atoms with Crippen molar-refractivity contribution in [1.29, 1.82) is 0 Å². The smallest absolute Gasteiger partial charge is 0.232 e. The van der Waals surface area contributed by atoms with Crippen LogP contribution in [0.1, 0.15) is 29.2 Å². The first-order valence-electron chi connectivity index (χ1n) is 11.6. The van der Waals surface area contributed by atoms with Gasteiger partial charge in [-0.05, 0) is 36.9 Å². The van der Waals surface area contributed by atoms with Gasteiger partial charge in [0.15, 0.2) is 0 Å². The van der Waals surface area contributed by atoms with Crippen LogP contribution >= 0.6 is 11.8 Å². The maximum absolute atomic E-state index is 13.0. The molecule has 0 atom stereocenters. The van der Waals surface area contributed by atoms with Crippen molar-refractivity contribution in [3.05, 3.63) is 71.8 Å². The summed E-state index contributed by atoms with van der Waals surface area (Å²) in [6.07, 6.45) is 2.28. The molecular weight excluding hydrogens is 402 g/mol. The third-order valence-electron chi connectivity index (χ3n) is 6.66. The predicted molar refractivity (Wildman–Crippen MR) is 130 cm³/mol. The Kier molecular flexibility index (Phi) is 8.06. The van der Waals surface area contributed by atoms with Gasteiger partial charge in [0.1, 0.15) is 0 Å². The highest BCUT2D eigenvalue weighted by molar-refractivity contribution is 8.00. The van der Waals surface area contributed by atoms with Gasteiger partial charge >= 0.3 is 0 Å². The lowest BCUT2D eigenvalue weighted by atomic mass is 9.96. The molecule has 2 aromatic rings. The third kappa shape index (κ3) is 6.34. The second-order valence-corrected chi connectivity index (χ2v) is 10.0. The third-order valence-corrected chi connectivity index (χ3v) is 7.95. The molecule has 0 radical (unpaired) electrons. The van der Waals surface area contributed by atoms with Crippen LogP contribution in [0.5, 0.6) is 0 Å². The van der Waals surface area contributed by atoms with Crippen molar-refractivity contribution in [3.8, 4) is 0 Å². The van der Waals surface area contributed by atoms with E-state index in [0.29, 0.717) is 11.7 Å². The van der Waals surface area contributed by atoms with E-state index in [1.165, 1.54) is 43.9 Å². The molecule has 2 saturated heterocycles. The van der Waals surface area contributed by atoms with E-state index in [2.05, 4.69) is 70.3 Å². The van der Waals surface area contributed by atoms with Gasteiger partial charge in [-0.2, -0.15) is 0 Å². The first kappa shape index (κ1) is 22.4. The standard InChI is InChI=1S/C26H35N3OS/c1-27-16-18-28(19-17-27)20-22-12-14-29(15-13-22)25(30)21-31-26(23-8-4-2-5-9-23)24-10-6-3-7-11-24/h2-11,22,26H,12-21H2,1H3. The summed E-state index contributed by atoms with van der Waals surface area (Å²) in [5, 5.41) is 0.195. The number of likely N-dealkylation sites (N-methyl/N-ethyl adjacent to an activating group) is 1. The van der Waals surface area contributed by atoms with Gasteiger partial charge in [0.05, 0.1) is 11.0 Å². The maximum Gasteiger partial charge on any atom is 0.232 e. The van der Waals surface area contributed by atoms with Gasteiger partial charge in [-0.15, -0.1) is 11.8 Å². The number of amides is 1. The Bertz CT molecular complexity index is 760. The summed E-state index contributed by atoms with van der Waals surface area (Å²) in [5.74, 6) is 1.57. The Hall–Kier alpha value is -1.82. The molecule has 2 aliphatic heterocycles. The largest absolute Gasteiger partial charge is 0.342 e. The molecule has 0 aliphatic carbocycles. The van der Waals surface area contributed by atoms with E-state index in [9.17, 15) is 4.79 Å². The van der Waals surface area contributed by atoms with Gasteiger partial charge in [-0.25, -0.2) is 0 Å². The van der Waals surface area contributed by atoms with E-state index in [1.807, 2.05) is 12.1 Å². The number of likely N-dealkylation sites (tertiary alicyclic amines) is 1. The summed E-state index contributed by atoms with van der Waals surface area (Å²) in [7, 11) is 2.21. The van der Waals surface area contributed by atoms with E-state index >= 15 is 0 Å². The number of piperidine rings is 1. The Balaban J connectivity index is 1.27. The molecule has 0 spiro atoms. The molecule has 1 amide bonds. The van der Waals surface area contributed by atoms with Crippen molar-refractivity contribution in [2.24, 2.45) is 5.92 Å². The van der Waals surface area contributed by atoms with Crippen molar-refractivity contribution in [1.82, 2.24) is 14.7 Å². The van der Waals surface area contributed by atoms with E-state index in [0.717, 1.165) is 31.8 Å². The fourth-order valence-corrected chi connectivity index (χ4v) is 5.84. The highest BCUT2D eigenvalue weighted by Crippen LogP contribution is 2.35. The molecule has 0 aromatic heterocycles. The van der Waals surface area contributed by atoms with Crippen LogP contribution in [0.15, 0.2) is 60.7 Å². The predicted octanol–water partition coefficient (Wildman–Crippen LogP) is 4.00. The van der Waals surface area contributed by atoms with E-state index in [1.54, 1.807) is 11.8 Å². The normalized spacial score (nSPS) is 19.1. The second kappa shape index (κ2) is 11.2. The average molecular weight is 438 g/mol. The molecule has 0 bridgehead atoms. The minimum atomic E-state index is 0.195. The number of nitrogens with zero attached hydrogens (tertiary/aromatic N) is 3. The van der Waals surface area contributed by atoms with Crippen LogP contribution in [0.4, 0.5) is 0 Å². The summed E-state index contributed by atoms with van der Waals surface area (Å²) in [5.41, 5.74) is 2.52. The average Bonchev–Trinajstić information content (AvgIpc) is 2.82. The molecule has 2 heterocycles. The topological polar surface area (TPSA) is 26.8 Å². The molecule has 2 aromatic carbocycles. The summed E-state index contributed by atoms with van der Waals surface area (Å²) in [6.45, 7) is 7.77. The number of thioether (sulfide) groups is 1. The number of carbonyl (C=O) groups is 1. The van der Waals surface area contributed by atoms with Crippen molar-refractivity contribution in [2.45, 2.75) is 18.1 Å². The zero-order chi connectivity index (χ0) is 21.5. The lowest BCUT2D eigenvalue weighted by Gasteiger charge is -2.38. The molecule has 0 N–H and O–H groups in total. The van der Waals surface area contributed by atoms with E-state index in [-0.39, 0.29) is 5.25 Å². The Labute approximate surface area is 191 Å². The number of carbonyl (C=O) groups excluding carboxylic acids is 1. The minimum Gasteiger partial charge on any atom is -0.342 e. The number of hydrogen-bond donors (Lipinski definition) is 0. The Morgan fingerprint density at radius 2 is 1.42 bits per heavy atom. The van der Waals surface area contributed by atoms with Crippen LogP contribution in [0.3, 0.4) is 0 Å². The molecular formula is C26H35N3OS. The second-order valence-electron chi connectivity index (χ2n) is 8.94. The fraction of sp³-hybridized carbons (Fsp3) is 0.500. The Morgan fingerprint density at radius 3 is 1.97 bits per heavy atom. The van der Waals surface area contributed by atoms with Crippen LogP contribution in [-0.2, 0) is 4.79 Å². The molecule has 31 heavy (non-hydrogen) atoms. The lowest BCUT2D eigenvalue weighted by Crippen LogP contribution is -2.48. The number of piperazine rings is 1. The van der Waals surface area contributed by atoms with Crippen LogP contribution < -0.4 is 0 Å². The number of hydrogen-bond acceptors (Lipinski definition) is 4. The molecule has 2 fully saturated rings. The van der Waals surface area contributed by atoms with Gasteiger partial charge < -0.3 is 14.7 Å². The summed E-state index contributed by atoms with van der Waals surface area (Å²) in [4.78, 5) is 20.1. The summed E-state index contributed by atoms with van der Waals surface area (Å²) >= 11 is 1.75. The SMILES string of the molecule is CN1CCN(CC2CCN(C(=O)CSC(c3ccccc3)c3ccccc3)CC2)CC1. The van der Waals surface area contributed by atoms with Gasteiger partial charge in [-0.3, -0.25) is 4.79 Å². The molecule has 0 unspecified atom stereocenters. The minimum absolute atomic E-state index is 0.195. The highest BCUT2D eigenvalue weighted by Gasteiger charge is 2.26. The molecule has 5 heteroatoms. The number of benzene rings is 2. The maximum atomic E-state index is 13.0. The molecule has 4 rings (SSSR count). The highest BCUT2D eigenvalue weighted by atomic mass is 32.2. The van der Waals surface area contributed by atoms with Crippen molar-refractivity contribution in [2.75, 3.05) is 58.6 Å². The van der Waals surface area contributed by atoms with Crippen molar-refractivity contribution >= 4 is 17.7 Å². The Morgan fingerprint density at radius 1 is 0.871 bits per heavy atom. The summed E-state index contributed by atoms with van der Waals surface area (Å²) < 4.78 is 0. The number of rotatable bonds is 7. The van der Waals surface area contributed by atoms with Gasteiger partial charge in [0.25, 0.3) is 0 Å². The first-order valence-corrected chi connectivity index (χ1v) is 12.6. The van der Waals surface area contributed by atoms with E-state index < -0.39 is 0 Å². The van der Waals surface area contributed by atoms with Crippen LogP contribution in [0, 0.1) is 5.92 Å².